The van der Waals surface area contributed by atoms with Crippen molar-refractivity contribution in [3.05, 3.63) is 69.8 Å². The van der Waals surface area contributed by atoms with Crippen molar-refractivity contribution >= 4 is 17.6 Å². The molecule has 0 fully saturated rings. The van der Waals surface area contributed by atoms with E-state index in [0.29, 0.717) is 24.4 Å². The van der Waals surface area contributed by atoms with Gasteiger partial charge in [-0.05, 0) is 31.7 Å². The molecule has 156 valence electrons. The fourth-order valence-corrected chi connectivity index (χ4v) is 2.92. The van der Waals surface area contributed by atoms with E-state index in [1.165, 1.54) is 16.3 Å². The van der Waals surface area contributed by atoms with Crippen LogP contribution in [0.5, 0.6) is 0 Å². The molecule has 3 rings (SSSR count). The molecule has 0 aliphatic carbocycles. The highest BCUT2D eigenvalue weighted by atomic mass is 16.2. The van der Waals surface area contributed by atoms with E-state index in [1.807, 2.05) is 37.3 Å². The van der Waals surface area contributed by atoms with E-state index in [9.17, 15) is 14.4 Å². The fourth-order valence-electron chi connectivity index (χ4n) is 2.92. The van der Waals surface area contributed by atoms with Crippen molar-refractivity contribution < 1.29 is 9.59 Å². The minimum atomic E-state index is -0.815. The van der Waals surface area contributed by atoms with Crippen LogP contribution in [0.2, 0.25) is 0 Å². The first kappa shape index (κ1) is 21.0. The summed E-state index contributed by atoms with van der Waals surface area (Å²) in [5.74, 6) is -1.14. The number of benzene rings is 1. The molecule has 9 nitrogen and oxygen atoms in total. The first-order valence-corrected chi connectivity index (χ1v) is 9.76. The number of aromatic amines is 1. The largest absolute Gasteiger partial charge is 0.348 e. The maximum atomic E-state index is 12.3. The fraction of sp³-hybridized carbons (Fsp3) is 0.286. The minimum absolute atomic E-state index is 0.172. The molecule has 2 heterocycles. The van der Waals surface area contributed by atoms with Crippen LogP contribution in [0, 0.1) is 6.92 Å². The van der Waals surface area contributed by atoms with E-state index in [2.05, 4.69) is 25.7 Å². The summed E-state index contributed by atoms with van der Waals surface area (Å²) >= 11 is 0. The Kier molecular flexibility index (Phi) is 6.74. The highest BCUT2D eigenvalue weighted by Gasteiger charge is 2.18. The summed E-state index contributed by atoms with van der Waals surface area (Å²) in [5.41, 5.74) is 2.04. The van der Waals surface area contributed by atoms with Crippen LogP contribution < -0.4 is 16.2 Å². The summed E-state index contributed by atoms with van der Waals surface area (Å²) in [7, 11) is 0. The second-order valence-corrected chi connectivity index (χ2v) is 6.80. The molecule has 2 aromatic heterocycles. The number of aryl methyl sites for hydroxylation is 3. The van der Waals surface area contributed by atoms with E-state index in [1.54, 1.807) is 13.0 Å². The van der Waals surface area contributed by atoms with Gasteiger partial charge in [0.2, 0.25) is 5.95 Å². The lowest BCUT2D eigenvalue weighted by atomic mass is 10.1. The van der Waals surface area contributed by atoms with Gasteiger partial charge in [-0.2, -0.15) is 9.78 Å². The van der Waals surface area contributed by atoms with E-state index >= 15 is 0 Å². The van der Waals surface area contributed by atoms with E-state index in [4.69, 9.17) is 0 Å². The third-order valence-electron chi connectivity index (χ3n) is 4.40. The van der Waals surface area contributed by atoms with Crippen molar-refractivity contribution in [2.24, 2.45) is 0 Å². The molecule has 0 bridgehead atoms. The summed E-state index contributed by atoms with van der Waals surface area (Å²) in [5, 5.41) is 9.40. The normalized spacial score (nSPS) is 10.6. The summed E-state index contributed by atoms with van der Waals surface area (Å²) in [6.45, 7) is 4.00. The summed E-state index contributed by atoms with van der Waals surface area (Å²) in [6, 6.07) is 12.9. The monoisotopic (exact) mass is 408 g/mol. The zero-order valence-corrected chi connectivity index (χ0v) is 16.9. The number of nitrogens with one attached hydrogen (secondary N) is 3. The van der Waals surface area contributed by atoms with Gasteiger partial charge in [-0.25, -0.2) is 4.98 Å². The molecule has 0 radical (unpaired) electrons. The van der Waals surface area contributed by atoms with Gasteiger partial charge in [-0.3, -0.25) is 19.4 Å². The Labute approximate surface area is 173 Å². The van der Waals surface area contributed by atoms with Crippen molar-refractivity contribution in [3.8, 4) is 5.95 Å². The number of amides is 2. The number of hydrogen-bond acceptors (Lipinski definition) is 5. The number of carbonyl (C=O) groups is 2. The third kappa shape index (κ3) is 5.40. The van der Waals surface area contributed by atoms with Gasteiger partial charge in [0.15, 0.2) is 0 Å². The number of carbonyl (C=O) groups excluding carboxylic acids is 2. The van der Waals surface area contributed by atoms with Crippen LogP contribution in [0.3, 0.4) is 0 Å². The second-order valence-electron chi connectivity index (χ2n) is 6.80. The Hall–Kier alpha value is -3.75. The maximum absolute atomic E-state index is 12.3. The average molecular weight is 408 g/mol. The zero-order valence-electron chi connectivity index (χ0n) is 16.9. The molecule has 0 aliphatic rings. The molecule has 3 aromatic rings. The van der Waals surface area contributed by atoms with Gasteiger partial charge >= 0.3 is 11.8 Å². The van der Waals surface area contributed by atoms with Crippen LogP contribution >= 0.6 is 0 Å². The molecular formula is C21H24N6O3. The van der Waals surface area contributed by atoms with Gasteiger partial charge < -0.3 is 10.6 Å². The lowest BCUT2D eigenvalue weighted by molar-refractivity contribution is -0.136. The highest BCUT2D eigenvalue weighted by Crippen LogP contribution is 2.14. The number of nitrogens with zero attached hydrogens (tertiary/aromatic N) is 3. The number of aromatic nitrogens is 4. The molecule has 0 atom stereocenters. The van der Waals surface area contributed by atoms with Crippen molar-refractivity contribution in [1.82, 2.24) is 25.1 Å². The molecule has 30 heavy (non-hydrogen) atoms. The Morgan fingerprint density at radius 1 is 1.13 bits per heavy atom. The molecule has 0 saturated heterocycles. The van der Waals surface area contributed by atoms with Crippen LogP contribution in [0.1, 0.15) is 30.3 Å². The van der Waals surface area contributed by atoms with Gasteiger partial charge in [0.1, 0.15) is 5.82 Å². The summed E-state index contributed by atoms with van der Waals surface area (Å²) < 4.78 is 1.30. The van der Waals surface area contributed by atoms with Crippen LogP contribution in [0.4, 0.5) is 5.82 Å². The van der Waals surface area contributed by atoms with E-state index < -0.39 is 11.8 Å². The second kappa shape index (κ2) is 9.64. The number of anilines is 1. The smallest absolute Gasteiger partial charge is 0.314 e. The van der Waals surface area contributed by atoms with Gasteiger partial charge in [0.25, 0.3) is 5.56 Å². The van der Waals surface area contributed by atoms with E-state index in [-0.39, 0.29) is 17.3 Å². The molecule has 1 aromatic carbocycles. The maximum Gasteiger partial charge on any atom is 0.314 e. The van der Waals surface area contributed by atoms with Gasteiger partial charge in [-0.15, -0.1) is 0 Å². The van der Waals surface area contributed by atoms with Crippen molar-refractivity contribution in [3.63, 3.8) is 0 Å². The van der Waals surface area contributed by atoms with Crippen LogP contribution in [0.25, 0.3) is 5.95 Å². The molecule has 0 spiro atoms. The predicted octanol–water partition coefficient (Wildman–Crippen LogP) is 1.51. The first-order chi connectivity index (χ1) is 14.5. The molecular weight excluding hydrogens is 384 g/mol. The quantitative estimate of drug-likeness (QED) is 0.404. The number of rotatable bonds is 7. The Morgan fingerprint density at radius 3 is 2.63 bits per heavy atom. The van der Waals surface area contributed by atoms with Crippen LogP contribution in [-0.2, 0) is 22.4 Å². The number of H-pyrrole nitrogens is 1. The van der Waals surface area contributed by atoms with Crippen molar-refractivity contribution in [1.29, 1.82) is 0 Å². The Balaban J connectivity index is 1.62. The molecule has 9 heteroatoms. The van der Waals surface area contributed by atoms with Crippen molar-refractivity contribution in [2.45, 2.75) is 33.1 Å². The molecule has 2 amide bonds. The predicted molar refractivity (Wildman–Crippen MR) is 112 cm³/mol. The lowest BCUT2D eigenvalue weighted by Gasteiger charge is -2.09. The van der Waals surface area contributed by atoms with Crippen molar-refractivity contribution in [2.75, 3.05) is 11.9 Å². The van der Waals surface area contributed by atoms with Gasteiger partial charge in [0, 0.05) is 24.4 Å². The Morgan fingerprint density at radius 2 is 1.90 bits per heavy atom. The topological polar surface area (TPSA) is 122 Å². The summed E-state index contributed by atoms with van der Waals surface area (Å²) in [4.78, 5) is 43.2. The SMILES string of the molecule is CCc1cc(=O)[nH]c(-n2nc(C)cc2NC(=O)C(=O)NCCCc2ccccc2)n1. The van der Waals surface area contributed by atoms with Crippen LogP contribution in [-0.4, -0.2) is 38.1 Å². The Bertz CT molecular complexity index is 1090. The molecule has 0 aliphatic heterocycles. The standard InChI is InChI=1S/C21H24N6O3/c1-3-16-13-18(28)25-21(23-16)27-17(12-14(2)26-27)24-20(30)19(29)22-11-7-10-15-8-5-4-6-9-15/h4-6,8-9,12-13H,3,7,10-11H2,1-2H3,(H,22,29)(H,24,30)(H,23,25,28). The molecule has 0 unspecified atom stereocenters. The molecule has 3 N–H and O–H groups in total. The van der Waals surface area contributed by atoms with Gasteiger partial charge in [-0.1, -0.05) is 37.3 Å². The van der Waals surface area contributed by atoms with Gasteiger partial charge in [0.05, 0.1) is 5.69 Å². The zero-order chi connectivity index (χ0) is 21.5. The average Bonchev–Trinajstić information content (AvgIpc) is 3.11. The molecule has 0 saturated carbocycles. The minimum Gasteiger partial charge on any atom is -0.348 e. The third-order valence-corrected chi connectivity index (χ3v) is 4.40. The van der Waals surface area contributed by atoms with Crippen LogP contribution in [0.15, 0.2) is 47.3 Å². The first-order valence-electron chi connectivity index (χ1n) is 9.76. The summed E-state index contributed by atoms with van der Waals surface area (Å²) in [6.07, 6.45) is 2.10. The lowest BCUT2D eigenvalue weighted by Crippen LogP contribution is -2.36. The number of hydrogen-bond donors (Lipinski definition) is 3. The highest BCUT2D eigenvalue weighted by molar-refractivity contribution is 6.39. The van der Waals surface area contributed by atoms with E-state index in [0.717, 1.165) is 12.8 Å².